The third-order valence-electron chi connectivity index (χ3n) is 4.06. The van der Waals surface area contributed by atoms with E-state index in [-0.39, 0.29) is 4.90 Å². The van der Waals surface area contributed by atoms with Crippen LogP contribution in [-0.4, -0.2) is 36.4 Å². The number of nitrogens with zero attached hydrogens (tertiary/aromatic N) is 3. The molecule has 1 heterocycles. The zero-order valence-electron chi connectivity index (χ0n) is 14.8. The Hall–Kier alpha value is -1.35. The largest absolute Gasteiger partial charge is 0.328 e. The molecule has 138 valence electrons. The monoisotopic (exact) mass is 453 g/mol. The van der Waals surface area contributed by atoms with Crippen LogP contribution in [0.3, 0.4) is 0 Å². The van der Waals surface area contributed by atoms with Crippen LogP contribution in [-0.2, 0) is 22.3 Å². The molecule has 0 atom stereocenters. The van der Waals surface area contributed by atoms with Crippen LogP contribution in [0.15, 0.2) is 56.7 Å². The average molecular weight is 454 g/mol. The summed E-state index contributed by atoms with van der Waals surface area (Å²) in [5.41, 5.74) is 1.66. The van der Waals surface area contributed by atoms with Crippen LogP contribution in [0.4, 0.5) is 0 Å². The number of fused-ring (bicyclic) bond motifs is 1. The van der Waals surface area contributed by atoms with Gasteiger partial charge in [-0.1, -0.05) is 22.0 Å². The van der Waals surface area contributed by atoms with Crippen LogP contribution in [0.2, 0.25) is 0 Å². The highest BCUT2D eigenvalue weighted by atomic mass is 79.9. The van der Waals surface area contributed by atoms with Crippen molar-refractivity contribution >= 4 is 48.7 Å². The molecule has 0 spiro atoms. The van der Waals surface area contributed by atoms with E-state index in [1.54, 1.807) is 23.9 Å². The molecular weight excluding hydrogens is 434 g/mol. The highest BCUT2D eigenvalue weighted by molar-refractivity contribution is 9.10. The highest BCUT2D eigenvalue weighted by Crippen LogP contribution is 2.28. The lowest BCUT2D eigenvalue weighted by Crippen LogP contribution is -2.22. The van der Waals surface area contributed by atoms with Gasteiger partial charge in [-0.05, 0) is 43.3 Å². The summed E-state index contributed by atoms with van der Waals surface area (Å²) in [7, 11) is -0.401. The summed E-state index contributed by atoms with van der Waals surface area (Å²) in [6.07, 6.45) is 0. The smallest absolute Gasteiger partial charge is 0.242 e. The molecule has 0 saturated heterocycles. The Morgan fingerprint density at radius 2 is 1.96 bits per heavy atom. The lowest BCUT2D eigenvalue weighted by Gasteiger charge is -2.11. The Balaban J connectivity index is 1.96. The molecule has 0 amide bonds. The van der Waals surface area contributed by atoms with Gasteiger partial charge in [-0.25, -0.2) is 17.7 Å². The van der Waals surface area contributed by atoms with Gasteiger partial charge in [-0.2, -0.15) is 0 Å². The number of thioether (sulfide) groups is 1. The van der Waals surface area contributed by atoms with E-state index in [9.17, 15) is 8.42 Å². The standard InChI is InChI=1S/C18H20BrN3O2S2/c1-4-22-17-9-8-15(26(23,24)21(2)3)11-16(17)20-18(22)12-25-14-7-5-6-13(19)10-14/h5-11H,4,12H2,1-3H3. The van der Waals surface area contributed by atoms with Crippen molar-refractivity contribution in [3.8, 4) is 0 Å². The summed E-state index contributed by atoms with van der Waals surface area (Å²) >= 11 is 5.20. The van der Waals surface area contributed by atoms with Gasteiger partial charge in [0.25, 0.3) is 0 Å². The van der Waals surface area contributed by atoms with Crippen molar-refractivity contribution in [1.82, 2.24) is 13.9 Å². The third-order valence-corrected chi connectivity index (χ3v) is 7.35. The van der Waals surface area contributed by atoms with Gasteiger partial charge in [0.15, 0.2) is 0 Å². The molecule has 0 unspecified atom stereocenters. The fourth-order valence-corrected chi connectivity index (χ4v) is 5.07. The number of imidazole rings is 1. The van der Waals surface area contributed by atoms with Crippen LogP contribution >= 0.6 is 27.7 Å². The molecule has 5 nitrogen and oxygen atoms in total. The lowest BCUT2D eigenvalue weighted by molar-refractivity contribution is 0.521. The number of sulfonamides is 1. The topological polar surface area (TPSA) is 55.2 Å². The van der Waals surface area contributed by atoms with E-state index in [0.717, 1.165) is 33.0 Å². The van der Waals surface area contributed by atoms with Gasteiger partial charge in [-0.15, -0.1) is 11.8 Å². The normalized spacial score (nSPS) is 12.2. The second-order valence-corrected chi connectivity index (χ2v) is 10.1. The first-order valence-corrected chi connectivity index (χ1v) is 11.3. The quantitative estimate of drug-likeness (QED) is 0.520. The third kappa shape index (κ3) is 3.83. The maximum atomic E-state index is 12.4. The molecule has 0 aliphatic carbocycles. The molecule has 3 rings (SSSR count). The molecule has 3 aromatic rings. The molecular formula is C18H20BrN3O2S2. The number of aryl methyl sites for hydroxylation is 1. The van der Waals surface area contributed by atoms with Crippen LogP contribution in [0.5, 0.6) is 0 Å². The number of rotatable bonds is 6. The van der Waals surface area contributed by atoms with Crippen molar-refractivity contribution in [1.29, 1.82) is 0 Å². The van der Waals surface area contributed by atoms with Crippen molar-refractivity contribution in [2.24, 2.45) is 0 Å². The molecule has 26 heavy (non-hydrogen) atoms. The van der Waals surface area contributed by atoms with Gasteiger partial charge in [0.2, 0.25) is 10.0 Å². The summed E-state index contributed by atoms with van der Waals surface area (Å²) in [5, 5.41) is 0. The zero-order chi connectivity index (χ0) is 18.9. The Labute approximate surface area is 166 Å². The van der Waals surface area contributed by atoms with E-state index in [4.69, 9.17) is 4.98 Å². The van der Waals surface area contributed by atoms with Crippen LogP contribution in [0.1, 0.15) is 12.7 Å². The van der Waals surface area contributed by atoms with Crippen LogP contribution < -0.4 is 0 Å². The van der Waals surface area contributed by atoms with Gasteiger partial charge in [-0.3, -0.25) is 0 Å². The second kappa shape index (κ2) is 7.72. The number of halogens is 1. The fraction of sp³-hybridized carbons (Fsp3) is 0.278. The van der Waals surface area contributed by atoms with E-state index in [0.29, 0.717) is 5.52 Å². The SMILES string of the molecule is CCn1c(CSc2cccc(Br)c2)nc2cc(S(=O)(=O)N(C)C)ccc21. The number of benzene rings is 2. The molecule has 2 aromatic carbocycles. The van der Waals surface area contributed by atoms with E-state index in [1.165, 1.54) is 18.4 Å². The highest BCUT2D eigenvalue weighted by Gasteiger charge is 2.19. The first kappa shape index (κ1) is 19.4. The van der Waals surface area contributed by atoms with Crippen molar-refractivity contribution in [2.45, 2.75) is 29.0 Å². The predicted octanol–water partition coefficient (Wildman–Crippen LogP) is 4.36. The first-order chi connectivity index (χ1) is 12.3. The zero-order valence-corrected chi connectivity index (χ0v) is 18.0. The molecule has 0 N–H and O–H groups in total. The van der Waals surface area contributed by atoms with Gasteiger partial charge in [0.1, 0.15) is 5.82 Å². The molecule has 1 aromatic heterocycles. The summed E-state index contributed by atoms with van der Waals surface area (Å²) in [4.78, 5) is 6.13. The maximum Gasteiger partial charge on any atom is 0.242 e. The van der Waals surface area contributed by atoms with Gasteiger partial charge in [0, 0.05) is 30.0 Å². The lowest BCUT2D eigenvalue weighted by atomic mass is 10.3. The minimum atomic E-state index is -3.47. The molecule has 0 fully saturated rings. The summed E-state index contributed by atoms with van der Waals surface area (Å²) < 4.78 is 29.1. The Morgan fingerprint density at radius 1 is 1.19 bits per heavy atom. The molecule has 0 bridgehead atoms. The van der Waals surface area contributed by atoms with Crippen LogP contribution in [0, 0.1) is 0 Å². The molecule has 0 aliphatic heterocycles. The minimum absolute atomic E-state index is 0.266. The van der Waals surface area contributed by atoms with Gasteiger partial charge in [0.05, 0.1) is 21.7 Å². The van der Waals surface area contributed by atoms with Crippen molar-refractivity contribution in [2.75, 3.05) is 14.1 Å². The maximum absolute atomic E-state index is 12.4. The predicted molar refractivity (Wildman–Crippen MR) is 110 cm³/mol. The molecule has 0 aliphatic rings. The fourth-order valence-electron chi connectivity index (χ4n) is 2.70. The van der Waals surface area contributed by atoms with Crippen molar-refractivity contribution in [3.63, 3.8) is 0 Å². The van der Waals surface area contributed by atoms with E-state index in [1.807, 2.05) is 18.2 Å². The summed E-state index contributed by atoms with van der Waals surface area (Å²) in [6, 6.07) is 13.3. The van der Waals surface area contributed by atoms with Gasteiger partial charge >= 0.3 is 0 Å². The first-order valence-electron chi connectivity index (χ1n) is 8.13. The molecule has 0 radical (unpaired) electrons. The van der Waals surface area contributed by atoms with E-state index in [2.05, 4.69) is 39.6 Å². The summed E-state index contributed by atoms with van der Waals surface area (Å²) in [5.74, 6) is 1.65. The Kier molecular flexibility index (Phi) is 5.76. The van der Waals surface area contributed by atoms with Crippen molar-refractivity contribution < 1.29 is 8.42 Å². The number of aromatic nitrogens is 2. The molecule has 8 heteroatoms. The van der Waals surface area contributed by atoms with Crippen molar-refractivity contribution in [3.05, 3.63) is 52.8 Å². The number of hydrogen-bond acceptors (Lipinski definition) is 4. The van der Waals surface area contributed by atoms with Gasteiger partial charge < -0.3 is 4.57 Å². The van der Waals surface area contributed by atoms with E-state index < -0.39 is 10.0 Å². The van der Waals surface area contributed by atoms with Crippen LogP contribution in [0.25, 0.3) is 11.0 Å². The average Bonchev–Trinajstić information content (AvgIpc) is 2.96. The van der Waals surface area contributed by atoms with E-state index >= 15 is 0 Å². The second-order valence-electron chi connectivity index (χ2n) is 5.96. The Bertz CT molecular complexity index is 1050. The Morgan fingerprint density at radius 3 is 2.62 bits per heavy atom. The number of hydrogen-bond donors (Lipinski definition) is 0. The summed E-state index contributed by atoms with van der Waals surface area (Å²) in [6.45, 7) is 2.85. The minimum Gasteiger partial charge on any atom is -0.328 e. The molecule has 0 saturated carbocycles.